The van der Waals surface area contributed by atoms with E-state index in [2.05, 4.69) is 10.3 Å². The second-order valence-electron chi connectivity index (χ2n) is 8.48. The van der Waals surface area contributed by atoms with Crippen molar-refractivity contribution in [3.8, 4) is 0 Å². The first kappa shape index (κ1) is 22.7. The predicted molar refractivity (Wildman–Crippen MR) is 128 cm³/mol. The zero-order valence-corrected chi connectivity index (χ0v) is 18.6. The second-order valence-corrected chi connectivity index (χ2v) is 8.48. The number of benzene rings is 2. The van der Waals surface area contributed by atoms with Gasteiger partial charge in [0.1, 0.15) is 6.04 Å². The van der Waals surface area contributed by atoms with Crippen LogP contribution in [-0.4, -0.2) is 40.3 Å². The first-order valence-electron chi connectivity index (χ1n) is 11.5. The number of amides is 2. The van der Waals surface area contributed by atoms with Gasteiger partial charge in [0.15, 0.2) is 0 Å². The van der Waals surface area contributed by atoms with E-state index >= 15 is 0 Å². The quantitative estimate of drug-likeness (QED) is 0.561. The molecule has 3 N–H and O–H groups in total. The number of carbonyl (C=O) groups excluding carboxylic acids is 2. The summed E-state index contributed by atoms with van der Waals surface area (Å²) in [6, 6.07) is 24.0. The average molecular weight is 443 g/mol. The maximum atomic E-state index is 13.3. The van der Waals surface area contributed by atoms with Crippen molar-refractivity contribution in [2.45, 2.75) is 43.8 Å². The SMILES string of the molecule is NC(Cc1ccccc1)C(=O)N1CCC[C@H]1C(=O)NC(Cc1ccccn1)c1ccccc1. The Hall–Kier alpha value is -3.51. The van der Waals surface area contributed by atoms with E-state index in [0.717, 1.165) is 23.2 Å². The maximum Gasteiger partial charge on any atom is 0.243 e. The van der Waals surface area contributed by atoms with Crippen LogP contribution in [0.2, 0.25) is 0 Å². The molecule has 2 amide bonds. The van der Waals surface area contributed by atoms with Crippen LogP contribution in [-0.2, 0) is 22.4 Å². The van der Waals surface area contributed by atoms with E-state index in [-0.39, 0.29) is 17.9 Å². The van der Waals surface area contributed by atoms with Gasteiger partial charge in [0.05, 0.1) is 12.1 Å². The molecule has 170 valence electrons. The van der Waals surface area contributed by atoms with Gasteiger partial charge in [-0.25, -0.2) is 0 Å². The highest BCUT2D eigenvalue weighted by atomic mass is 16.2. The molecule has 6 heteroatoms. The van der Waals surface area contributed by atoms with Gasteiger partial charge < -0.3 is 16.0 Å². The summed E-state index contributed by atoms with van der Waals surface area (Å²) < 4.78 is 0. The van der Waals surface area contributed by atoms with Crippen molar-refractivity contribution in [1.82, 2.24) is 15.2 Å². The highest BCUT2D eigenvalue weighted by Crippen LogP contribution is 2.22. The summed E-state index contributed by atoms with van der Waals surface area (Å²) in [6.07, 6.45) is 4.21. The molecule has 0 radical (unpaired) electrons. The van der Waals surface area contributed by atoms with E-state index in [0.29, 0.717) is 25.8 Å². The molecule has 0 spiro atoms. The van der Waals surface area contributed by atoms with Crippen molar-refractivity contribution in [1.29, 1.82) is 0 Å². The van der Waals surface area contributed by atoms with Gasteiger partial charge >= 0.3 is 0 Å². The van der Waals surface area contributed by atoms with E-state index < -0.39 is 12.1 Å². The molecule has 4 rings (SSSR count). The van der Waals surface area contributed by atoms with Crippen LogP contribution in [0.5, 0.6) is 0 Å². The largest absolute Gasteiger partial charge is 0.347 e. The molecule has 3 atom stereocenters. The van der Waals surface area contributed by atoms with Crippen molar-refractivity contribution in [3.63, 3.8) is 0 Å². The lowest BCUT2D eigenvalue weighted by molar-refractivity contribution is -0.139. The fourth-order valence-corrected chi connectivity index (χ4v) is 4.40. The van der Waals surface area contributed by atoms with Gasteiger partial charge in [0.25, 0.3) is 0 Å². The minimum atomic E-state index is -0.667. The predicted octanol–water partition coefficient (Wildman–Crippen LogP) is 3.04. The summed E-state index contributed by atoms with van der Waals surface area (Å²) in [4.78, 5) is 32.6. The molecule has 1 aliphatic rings. The van der Waals surface area contributed by atoms with Gasteiger partial charge in [-0.15, -0.1) is 0 Å². The monoisotopic (exact) mass is 442 g/mol. The normalized spacial score (nSPS) is 17.4. The van der Waals surface area contributed by atoms with Gasteiger partial charge in [-0.05, 0) is 42.5 Å². The molecule has 1 aliphatic heterocycles. The van der Waals surface area contributed by atoms with E-state index in [1.165, 1.54) is 0 Å². The number of rotatable bonds is 8. The molecule has 0 saturated carbocycles. The number of pyridine rings is 1. The molecule has 1 aromatic heterocycles. The Morgan fingerprint density at radius 1 is 0.970 bits per heavy atom. The van der Waals surface area contributed by atoms with E-state index in [9.17, 15) is 9.59 Å². The van der Waals surface area contributed by atoms with Gasteiger partial charge in [0.2, 0.25) is 11.8 Å². The van der Waals surface area contributed by atoms with Gasteiger partial charge in [-0.1, -0.05) is 66.7 Å². The van der Waals surface area contributed by atoms with Crippen LogP contribution >= 0.6 is 0 Å². The van der Waals surface area contributed by atoms with Crippen LogP contribution in [0.3, 0.4) is 0 Å². The summed E-state index contributed by atoms with van der Waals surface area (Å²) in [7, 11) is 0. The highest BCUT2D eigenvalue weighted by Gasteiger charge is 2.37. The van der Waals surface area contributed by atoms with Crippen LogP contribution in [0.1, 0.15) is 35.7 Å². The average Bonchev–Trinajstić information content (AvgIpc) is 3.35. The van der Waals surface area contributed by atoms with Crippen LogP contribution < -0.4 is 11.1 Å². The smallest absolute Gasteiger partial charge is 0.243 e. The first-order chi connectivity index (χ1) is 16.1. The molecule has 1 saturated heterocycles. The van der Waals surface area contributed by atoms with Crippen molar-refractivity contribution in [2.24, 2.45) is 5.73 Å². The van der Waals surface area contributed by atoms with Gasteiger partial charge in [-0.3, -0.25) is 14.6 Å². The fourth-order valence-electron chi connectivity index (χ4n) is 4.40. The number of carbonyl (C=O) groups is 2. The van der Waals surface area contributed by atoms with Crippen LogP contribution in [0.15, 0.2) is 85.1 Å². The number of hydrogen-bond donors (Lipinski definition) is 2. The van der Waals surface area contributed by atoms with Gasteiger partial charge in [-0.2, -0.15) is 0 Å². The third kappa shape index (κ3) is 5.84. The minimum absolute atomic E-state index is 0.141. The number of likely N-dealkylation sites (tertiary alicyclic amines) is 1. The molecule has 0 bridgehead atoms. The molecule has 3 aromatic rings. The second kappa shape index (κ2) is 10.9. The van der Waals surface area contributed by atoms with Crippen molar-refractivity contribution >= 4 is 11.8 Å². The Morgan fingerprint density at radius 2 is 1.67 bits per heavy atom. The summed E-state index contributed by atoms with van der Waals surface area (Å²) in [5, 5.41) is 3.18. The van der Waals surface area contributed by atoms with Gasteiger partial charge in [0, 0.05) is 24.9 Å². The summed E-state index contributed by atoms with van der Waals surface area (Å²) in [6.45, 7) is 0.551. The Bertz CT molecular complexity index is 1040. The standard InChI is InChI=1S/C27H30N4O2/c28-23(18-20-10-3-1-4-11-20)27(33)31-17-9-15-25(31)26(32)30-24(21-12-5-2-6-13-21)19-22-14-7-8-16-29-22/h1-8,10-14,16,23-25H,9,15,17-19,28H2,(H,30,32)/t23?,24?,25-/m0/s1. The lowest BCUT2D eigenvalue weighted by Gasteiger charge is -2.28. The third-order valence-corrected chi connectivity index (χ3v) is 6.11. The first-order valence-corrected chi connectivity index (χ1v) is 11.5. The zero-order chi connectivity index (χ0) is 23.0. The van der Waals surface area contributed by atoms with E-state index in [1.807, 2.05) is 78.9 Å². The van der Waals surface area contributed by atoms with Crippen LogP contribution in [0.25, 0.3) is 0 Å². The lowest BCUT2D eigenvalue weighted by atomic mass is 10.0. The molecule has 2 unspecified atom stereocenters. The van der Waals surface area contributed by atoms with Crippen molar-refractivity contribution in [2.75, 3.05) is 6.54 Å². The molecular formula is C27H30N4O2. The van der Waals surface area contributed by atoms with E-state index in [4.69, 9.17) is 5.73 Å². The molecule has 2 aromatic carbocycles. The summed E-state index contributed by atoms with van der Waals surface area (Å²) in [5.41, 5.74) is 9.17. The zero-order valence-electron chi connectivity index (χ0n) is 18.6. The van der Waals surface area contributed by atoms with E-state index in [1.54, 1.807) is 11.1 Å². The molecule has 33 heavy (non-hydrogen) atoms. The fraction of sp³-hybridized carbons (Fsp3) is 0.296. The van der Waals surface area contributed by atoms with Crippen LogP contribution in [0.4, 0.5) is 0 Å². The Balaban J connectivity index is 1.46. The molecular weight excluding hydrogens is 412 g/mol. The Kier molecular flexibility index (Phi) is 7.47. The number of aromatic nitrogens is 1. The Morgan fingerprint density at radius 3 is 2.36 bits per heavy atom. The van der Waals surface area contributed by atoms with Crippen molar-refractivity contribution < 1.29 is 9.59 Å². The number of hydrogen-bond acceptors (Lipinski definition) is 4. The number of nitrogens with one attached hydrogen (secondary N) is 1. The third-order valence-electron chi connectivity index (χ3n) is 6.11. The van der Waals surface area contributed by atoms with Crippen LogP contribution in [0, 0.1) is 0 Å². The molecule has 6 nitrogen and oxygen atoms in total. The number of nitrogens with two attached hydrogens (primary N) is 1. The minimum Gasteiger partial charge on any atom is -0.347 e. The molecule has 0 aliphatic carbocycles. The topological polar surface area (TPSA) is 88.3 Å². The Labute approximate surface area is 194 Å². The lowest BCUT2D eigenvalue weighted by Crippen LogP contribution is -2.52. The number of nitrogens with zero attached hydrogens (tertiary/aromatic N) is 2. The summed E-state index contributed by atoms with van der Waals surface area (Å²) >= 11 is 0. The maximum absolute atomic E-state index is 13.3. The molecule has 2 heterocycles. The summed E-state index contributed by atoms with van der Waals surface area (Å²) in [5.74, 6) is -0.310. The molecule has 1 fully saturated rings. The highest BCUT2D eigenvalue weighted by molar-refractivity contribution is 5.90. The van der Waals surface area contributed by atoms with Crippen molar-refractivity contribution in [3.05, 3.63) is 102 Å².